The summed E-state index contributed by atoms with van der Waals surface area (Å²) in [4.78, 5) is 9.24. The molecule has 0 saturated carbocycles. The van der Waals surface area contributed by atoms with Crippen LogP contribution >= 0.6 is 11.6 Å². The van der Waals surface area contributed by atoms with Crippen molar-refractivity contribution in [3.8, 4) is 11.4 Å². The average molecular weight is 290 g/mol. The van der Waals surface area contributed by atoms with Crippen molar-refractivity contribution >= 4 is 11.6 Å². The van der Waals surface area contributed by atoms with Gasteiger partial charge in [-0.1, -0.05) is 25.4 Å². The van der Waals surface area contributed by atoms with Gasteiger partial charge in [0.05, 0.1) is 0 Å². The van der Waals surface area contributed by atoms with Gasteiger partial charge in [0, 0.05) is 40.1 Å². The van der Waals surface area contributed by atoms with Gasteiger partial charge in [-0.2, -0.15) is 0 Å². The number of aromatic nitrogens is 2. The van der Waals surface area contributed by atoms with Crippen molar-refractivity contribution in [1.82, 2.24) is 15.3 Å². The fourth-order valence-electron chi connectivity index (χ4n) is 2.03. The van der Waals surface area contributed by atoms with Gasteiger partial charge >= 0.3 is 0 Å². The van der Waals surface area contributed by atoms with Crippen molar-refractivity contribution in [2.45, 2.75) is 40.3 Å². The lowest BCUT2D eigenvalue weighted by molar-refractivity contribution is 0.583. The predicted octanol–water partition coefficient (Wildman–Crippen LogP) is 3.91. The summed E-state index contributed by atoms with van der Waals surface area (Å²) < 4.78 is 0. The second kappa shape index (κ2) is 6.33. The molecule has 1 heterocycles. The number of hydrogen-bond donors (Lipinski definition) is 1. The molecule has 1 aromatic carbocycles. The number of halogens is 1. The summed E-state index contributed by atoms with van der Waals surface area (Å²) in [5.41, 5.74) is 4.21. The molecule has 1 aromatic heterocycles. The first-order chi connectivity index (χ1) is 9.47. The lowest BCUT2D eigenvalue weighted by Crippen LogP contribution is -2.23. The molecule has 1 N–H and O–H groups in total. The summed E-state index contributed by atoms with van der Waals surface area (Å²) in [6.07, 6.45) is 0. The molecular formula is C16H20ClN3. The minimum absolute atomic E-state index is 0.449. The summed E-state index contributed by atoms with van der Waals surface area (Å²) in [5.74, 6) is 0.755. The van der Waals surface area contributed by atoms with Gasteiger partial charge in [0.25, 0.3) is 0 Å². The zero-order chi connectivity index (χ0) is 14.7. The predicted molar refractivity (Wildman–Crippen MR) is 83.9 cm³/mol. The first kappa shape index (κ1) is 14.9. The molecule has 106 valence electrons. The lowest BCUT2D eigenvalue weighted by Gasteiger charge is -2.13. The van der Waals surface area contributed by atoms with Crippen LogP contribution < -0.4 is 5.32 Å². The van der Waals surface area contributed by atoms with Crippen molar-refractivity contribution in [2.75, 3.05) is 0 Å². The maximum atomic E-state index is 5.91. The molecule has 4 heteroatoms. The summed E-state index contributed by atoms with van der Waals surface area (Å²) in [7, 11) is 0. The first-order valence-electron chi connectivity index (χ1n) is 6.81. The van der Waals surface area contributed by atoms with Gasteiger partial charge in [-0.3, -0.25) is 0 Å². The molecule has 2 aromatic rings. The third-order valence-electron chi connectivity index (χ3n) is 3.21. The minimum Gasteiger partial charge on any atom is -0.310 e. The Hall–Kier alpha value is -1.45. The van der Waals surface area contributed by atoms with Gasteiger partial charge in [0.15, 0.2) is 5.82 Å². The number of benzene rings is 1. The van der Waals surface area contributed by atoms with Gasteiger partial charge < -0.3 is 5.32 Å². The molecule has 2 rings (SSSR count). The van der Waals surface area contributed by atoms with Crippen LogP contribution in [0.1, 0.15) is 30.8 Å². The second-order valence-electron chi connectivity index (χ2n) is 5.24. The number of nitrogens with zero attached hydrogens (tertiary/aromatic N) is 2. The summed E-state index contributed by atoms with van der Waals surface area (Å²) in [5, 5.41) is 4.13. The van der Waals surface area contributed by atoms with E-state index in [1.54, 1.807) is 0 Å². The highest BCUT2D eigenvalue weighted by Crippen LogP contribution is 2.20. The van der Waals surface area contributed by atoms with Gasteiger partial charge in [-0.25, -0.2) is 9.97 Å². The molecule has 0 fully saturated rings. The Morgan fingerprint density at radius 2 is 1.60 bits per heavy atom. The Morgan fingerprint density at radius 1 is 1.05 bits per heavy atom. The van der Waals surface area contributed by atoms with Crippen LogP contribution in [0, 0.1) is 13.8 Å². The SMILES string of the molecule is Cc1nc(-c2ccc(Cl)cc2)nc(C)c1CNC(C)C. The van der Waals surface area contributed by atoms with Gasteiger partial charge in [-0.05, 0) is 38.1 Å². The molecule has 0 saturated heterocycles. The number of aryl methyl sites for hydroxylation is 2. The molecule has 0 radical (unpaired) electrons. The van der Waals surface area contributed by atoms with Crippen LogP contribution in [0.3, 0.4) is 0 Å². The molecule has 0 aliphatic rings. The summed E-state index contributed by atoms with van der Waals surface area (Å²) in [6.45, 7) is 9.13. The first-order valence-corrected chi connectivity index (χ1v) is 7.18. The van der Waals surface area contributed by atoms with Crippen LogP contribution in [-0.2, 0) is 6.54 Å². The van der Waals surface area contributed by atoms with E-state index in [4.69, 9.17) is 11.6 Å². The van der Waals surface area contributed by atoms with E-state index >= 15 is 0 Å². The molecule has 0 atom stereocenters. The Labute approximate surface area is 125 Å². The van der Waals surface area contributed by atoms with Gasteiger partial charge in [-0.15, -0.1) is 0 Å². The number of rotatable bonds is 4. The van der Waals surface area contributed by atoms with Crippen LogP contribution in [0.2, 0.25) is 5.02 Å². The van der Waals surface area contributed by atoms with Crippen molar-refractivity contribution in [3.05, 3.63) is 46.2 Å². The summed E-state index contributed by atoms with van der Waals surface area (Å²) >= 11 is 5.91. The fraction of sp³-hybridized carbons (Fsp3) is 0.375. The number of nitrogens with one attached hydrogen (secondary N) is 1. The molecule has 3 nitrogen and oxygen atoms in total. The van der Waals surface area contributed by atoms with E-state index in [9.17, 15) is 0 Å². The van der Waals surface area contributed by atoms with Gasteiger partial charge in [0.2, 0.25) is 0 Å². The van der Waals surface area contributed by atoms with Crippen molar-refractivity contribution in [1.29, 1.82) is 0 Å². The quantitative estimate of drug-likeness (QED) is 0.927. The van der Waals surface area contributed by atoms with Crippen LogP contribution in [0.4, 0.5) is 0 Å². The highest BCUT2D eigenvalue weighted by Gasteiger charge is 2.10. The smallest absolute Gasteiger partial charge is 0.159 e. The topological polar surface area (TPSA) is 37.8 Å². The van der Waals surface area contributed by atoms with Crippen molar-refractivity contribution in [2.24, 2.45) is 0 Å². The summed E-state index contributed by atoms with van der Waals surface area (Å²) in [6, 6.07) is 8.06. The average Bonchev–Trinajstić information content (AvgIpc) is 2.38. The van der Waals surface area contributed by atoms with E-state index in [1.807, 2.05) is 38.1 Å². The maximum Gasteiger partial charge on any atom is 0.159 e. The van der Waals surface area contributed by atoms with Crippen LogP contribution in [0.5, 0.6) is 0 Å². The molecular weight excluding hydrogens is 270 g/mol. The Bertz CT molecular complexity index is 568. The van der Waals surface area contributed by atoms with E-state index < -0.39 is 0 Å². The highest BCUT2D eigenvalue weighted by atomic mass is 35.5. The third kappa shape index (κ3) is 3.56. The van der Waals surface area contributed by atoms with E-state index in [0.29, 0.717) is 6.04 Å². The zero-order valence-electron chi connectivity index (χ0n) is 12.4. The normalized spacial score (nSPS) is 11.1. The zero-order valence-corrected chi connectivity index (χ0v) is 13.1. The maximum absolute atomic E-state index is 5.91. The Kier molecular flexibility index (Phi) is 4.73. The Balaban J connectivity index is 2.32. The Morgan fingerprint density at radius 3 is 2.10 bits per heavy atom. The van der Waals surface area contributed by atoms with E-state index in [1.165, 1.54) is 5.56 Å². The largest absolute Gasteiger partial charge is 0.310 e. The lowest BCUT2D eigenvalue weighted by atomic mass is 10.1. The standard InChI is InChI=1S/C16H20ClN3/c1-10(2)18-9-15-11(3)19-16(20-12(15)4)13-5-7-14(17)8-6-13/h5-8,10,18H,9H2,1-4H3. The highest BCUT2D eigenvalue weighted by molar-refractivity contribution is 6.30. The van der Waals surface area contributed by atoms with Crippen LogP contribution in [0.25, 0.3) is 11.4 Å². The molecule has 0 aliphatic heterocycles. The molecule has 0 amide bonds. The fourth-order valence-corrected chi connectivity index (χ4v) is 2.16. The van der Waals surface area contributed by atoms with Crippen molar-refractivity contribution in [3.63, 3.8) is 0 Å². The third-order valence-corrected chi connectivity index (χ3v) is 3.46. The second-order valence-corrected chi connectivity index (χ2v) is 5.68. The monoisotopic (exact) mass is 289 g/mol. The van der Waals surface area contributed by atoms with E-state index in [2.05, 4.69) is 29.1 Å². The van der Waals surface area contributed by atoms with Gasteiger partial charge in [0.1, 0.15) is 0 Å². The van der Waals surface area contributed by atoms with Crippen LogP contribution in [-0.4, -0.2) is 16.0 Å². The molecule has 0 aliphatic carbocycles. The minimum atomic E-state index is 0.449. The van der Waals surface area contributed by atoms with Crippen molar-refractivity contribution < 1.29 is 0 Å². The molecule has 20 heavy (non-hydrogen) atoms. The molecule has 0 bridgehead atoms. The van der Waals surface area contributed by atoms with Crippen LogP contribution in [0.15, 0.2) is 24.3 Å². The molecule has 0 spiro atoms. The molecule has 0 unspecified atom stereocenters. The number of hydrogen-bond acceptors (Lipinski definition) is 3. The van der Waals surface area contributed by atoms with E-state index in [0.717, 1.165) is 34.3 Å². The van der Waals surface area contributed by atoms with E-state index in [-0.39, 0.29) is 0 Å².